The molecule has 0 spiro atoms. The van der Waals surface area contributed by atoms with E-state index >= 15 is 0 Å². The summed E-state index contributed by atoms with van der Waals surface area (Å²) in [7, 11) is 0. The van der Waals surface area contributed by atoms with Gasteiger partial charge in [-0.25, -0.2) is 10.3 Å². The number of nitrogens with zero attached hydrogens (tertiary/aromatic N) is 2. The quantitative estimate of drug-likeness (QED) is 0.266. The van der Waals surface area contributed by atoms with Gasteiger partial charge in [0.15, 0.2) is 0 Å². The summed E-state index contributed by atoms with van der Waals surface area (Å²) in [5.74, 6) is -0.561. The maximum absolute atomic E-state index is 12.6. The largest absolute Gasteiger partial charge is 0.391 e. The highest BCUT2D eigenvalue weighted by atomic mass is 19.2. The molecule has 0 saturated carbocycles. The van der Waals surface area contributed by atoms with Crippen LogP contribution in [0.5, 0.6) is 0 Å². The number of carbonyl (C=O) groups excluding carboxylic acids is 2. The molecule has 16 heavy (non-hydrogen) atoms. The van der Waals surface area contributed by atoms with E-state index in [9.17, 15) is 14.1 Å². The first-order valence-electron chi connectivity index (χ1n) is 4.18. The Morgan fingerprint density at radius 3 is 2.56 bits per heavy atom. The molecular weight excluding hydrogens is 217 g/mol. The topological polar surface area (TPSA) is 82.0 Å². The molecule has 2 N–H and O–H groups in total. The van der Waals surface area contributed by atoms with Gasteiger partial charge in [0.05, 0.1) is 6.21 Å². The Morgan fingerprint density at radius 1 is 1.38 bits per heavy atom. The van der Waals surface area contributed by atoms with Crippen molar-refractivity contribution in [1.29, 1.82) is 0 Å². The number of halogens is 1. The minimum Gasteiger partial charge on any atom is -0.287 e. The van der Waals surface area contributed by atoms with Crippen LogP contribution in [0.1, 0.15) is 10.4 Å². The molecule has 0 radical (unpaired) electrons. The SMILES string of the molecule is O=C(/C=N/N(F)C(=O)NO)c1ccccc1. The highest BCUT2D eigenvalue weighted by molar-refractivity contribution is 6.35. The lowest BCUT2D eigenvalue weighted by molar-refractivity contribution is 0.0407. The molecule has 2 amide bonds. The first-order valence-corrected chi connectivity index (χ1v) is 4.18. The average molecular weight is 225 g/mol. The molecule has 1 aromatic rings. The highest BCUT2D eigenvalue weighted by Gasteiger charge is 2.09. The van der Waals surface area contributed by atoms with Gasteiger partial charge in [0.25, 0.3) is 0 Å². The van der Waals surface area contributed by atoms with E-state index in [4.69, 9.17) is 5.21 Å². The second kappa shape index (κ2) is 5.56. The van der Waals surface area contributed by atoms with Gasteiger partial charge in [0.2, 0.25) is 5.78 Å². The molecule has 1 rings (SSSR count). The van der Waals surface area contributed by atoms with E-state index in [-0.39, 0.29) is 0 Å². The van der Waals surface area contributed by atoms with E-state index in [1.807, 2.05) is 0 Å². The summed E-state index contributed by atoms with van der Waals surface area (Å²) in [4.78, 5) is 21.7. The van der Waals surface area contributed by atoms with Gasteiger partial charge in [-0.15, -0.1) is 5.10 Å². The molecule has 0 atom stereocenters. The Hall–Kier alpha value is -2.28. The summed E-state index contributed by atoms with van der Waals surface area (Å²) in [5.41, 5.74) is 1.32. The zero-order chi connectivity index (χ0) is 12.0. The van der Waals surface area contributed by atoms with Gasteiger partial charge in [-0.2, -0.15) is 0 Å². The molecule has 0 heterocycles. The molecule has 1 aromatic carbocycles. The first-order chi connectivity index (χ1) is 7.65. The molecule has 0 aliphatic heterocycles. The van der Waals surface area contributed by atoms with E-state index in [0.717, 1.165) is 5.48 Å². The maximum Gasteiger partial charge on any atom is 0.391 e. The van der Waals surface area contributed by atoms with E-state index < -0.39 is 17.0 Å². The number of benzene rings is 1. The Balaban J connectivity index is 2.65. The van der Waals surface area contributed by atoms with E-state index in [1.54, 1.807) is 18.2 Å². The van der Waals surface area contributed by atoms with Crippen molar-refractivity contribution in [2.24, 2.45) is 5.10 Å². The molecule has 0 saturated heterocycles. The van der Waals surface area contributed by atoms with Gasteiger partial charge in [0.1, 0.15) is 0 Å². The Bertz CT molecular complexity index is 408. The number of hydroxylamine groups is 1. The Kier molecular flexibility index (Phi) is 4.10. The minimum atomic E-state index is -1.49. The molecule has 0 aliphatic rings. The van der Waals surface area contributed by atoms with Crippen LogP contribution in [0.2, 0.25) is 0 Å². The van der Waals surface area contributed by atoms with Crippen molar-refractivity contribution < 1.29 is 19.3 Å². The maximum atomic E-state index is 12.6. The standard InChI is InChI=1S/C9H8FN3O3/c10-13(9(15)12-16)11-6-8(14)7-4-2-1-3-5-7/h1-6,16H,(H,12,15)/b11-6+. The first kappa shape index (κ1) is 11.8. The van der Waals surface area contributed by atoms with Crippen LogP contribution in [0.4, 0.5) is 9.28 Å². The Labute approximate surface area is 89.9 Å². The second-order valence-corrected chi connectivity index (χ2v) is 2.65. The van der Waals surface area contributed by atoms with Crippen molar-refractivity contribution in [3.8, 4) is 0 Å². The van der Waals surface area contributed by atoms with Crippen molar-refractivity contribution in [3.63, 3.8) is 0 Å². The summed E-state index contributed by atoms with van der Waals surface area (Å²) < 4.78 is 12.6. The number of nitrogens with one attached hydrogen (secondary N) is 1. The molecule has 0 aromatic heterocycles. The van der Waals surface area contributed by atoms with Gasteiger partial charge >= 0.3 is 6.03 Å². The molecule has 0 fully saturated rings. The fraction of sp³-hybridized carbons (Fsp3) is 0. The molecule has 6 nitrogen and oxygen atoms in total. The third-order valence-corrected chi connectivity index (χ3v) is 1.60. The zero-order valence-corrected chi connectivity index (χ0v) is 8.00. The monoisotopic (exact) mass is 225 g/mol. The van der Waals surface area contributed by atoms with E-state index in [2.05, 4.69) is 5.10 Å². The van der Waals surface area contributed by atoms with Crippen LogP contribution in [-0.2, 0) is 0 Å². The summed E-state index contributed by atoms with van der Waals surface area (Å²) in [5, 5.41) is 10.2. The number of urea groups is 1. The smallest absolute Gasteiger partial charge is 0.287 e. The summed E-state index contributed by atoms with van der Waals surface area (Å²) in [6, 6.07) is 6.53. The molecule has 0 bridgehead atoms. The molecule has 0 aliphatic carbocycles. The molecule has 7 heteroatoms. The van der Waals surface area contributed by atoms with Crippen molar-refractivity contribution in [2.75, 3.05) is 0 Å². The van der Waals surface area contributed by atoms with E-state index in [1.165, 1.54) is 12.1 Å². The van der Waals surface area contributed by atoms with Crippen LogP contribution in [0.3, 0.4) is 0 Å². The van der Waals surface area contributed by atoms with Gasteiger partial charge in [-0.05, 0) is 5.23 Å². The number of hydrogen-bond acceptors (Lipinski definition) is 4. The average Bonchev–Trinajstić information content (AvgIpc) is 2.35. The number of hydrogen-bond donors (Lipinski definition) is 2. The van der Waals surface area contributed by atoms with Crippen LogP contribution in [0, 0.1) is 0 Å². The van der Waals surface area contributed by atoms with Crippen molar-refractivity contribution >= 4 is 18.0 Å². The number of ketones is 1. The van der Waals surface area contributed by atoms with Crippen LogP contribution >= 0.6 is 0 Å². The summed E-state index contributed by atoms with van der Waals surface area (Å²) in [6.07, 6.45) is 0.630. The predicted octanol–water partition coefficient (Wildman–Crippen LogP) is 1.14. The number of amides is 2. The lowest BCUT2D eigenvalue weighted by atomic mass is 10.1. The van der Waals surface area contributed by atoms with Crippen molar-refractivity contribution in [3.05, 3.63) is 35.9 Å². The van der Waals surface area contributed by atoms with Crippen LogP contribution in [0.15, 0.2) is 35.4 Å². The minimum absolute atomic E-state index is 0.309. The van der Waals surface area contributed by atoms with Gasteiger partial charge < -0.3 is 0 Å². The molecule has 84 valence electrons. The molecular formula is C9H8FN3O3. The number of carbonyl (C=O) groups is 2. The summed E-state index contributed by atoms with van der Waals surface area (Å²) >= 11 is 0. The highest BCUT2D eigenvalue weighted by Crippen LogP contribution is 1.99. The van der Waals surface area contributed by atoms with E-state index in [0.29, 0.717) is 11.8 Å². The Morgan fingerprint density at radius 2 is 2.00 bits per heavy atom. The van der Waals surface area contributed by atoms with Crippen molar-refractivity contribution in [1.82, 2.24) is 10.7 Å². The van der Waals surface area contributed by atoms with Gasteiger partial charge in [-0.1, -0.05) is 34.8 Å². The predicted molar refractivity (Wildman–Crippen MR) is 52.5 cm³/mol. The van der Waals surface area contributed by atoms with Crippen molar-refractivity contribution in [2.45, 2.75) is 0 Å². The fourth-order valence-corrected chi connectivity index (χ4v) is 0.874. The van der Waals surface area contributed by atoms with Crippen LogP contribution in [-0.4, -0.2) is 28.5 Å². The van der Waals surface area contributed by atoms with Crippen LogP contribution in [0.25, 0.3) is 0 Å². The van der Waals surface area contributed by atoms with Crippen LogP contribution < -0.4 is 5.48 Å². The third kappa shape index (κ3) is 3.14. The number of Topliss-reactive ketones (excluding diaryl/α,β-unsaturated/α-hetero) is 1. The number of hydrazone groups is 1. The number of rotatable bonds is 3. The van der Waals surface area contributed by atoms with Gasteiger partial charge in [-0.3, -0.25) is 10.0 Å². The molecule has 0 unspecified atom stereocenters. The third-order valence-electron chi connectivity index (χ3n) is 1.60. The lowest BCUT2D eigenvalue weighted by Crippen LogP contribution is -2.29. The zero-order valence-electron chi connectivity index (χ0n) is 8.00. The van der Waals surface area contributed by atoms with Gasteiger partial charge in [0, 0.05) is 5.56 Å². The fourth-order valence-electron chi connectivity index (χ4n) is 0.874. The lowest BCUT2D eigenvalue weighted by Gasteiger charge is -2.01. The summed E-state index contributed by atoms with van der Waals surface area (Å²) in [6.45, 7) is 0. The normalized spacial score (nSPS) is 10.1. The second-order valence-electron chi connectivity index (χ2n) is 2.65.